The lowest BCUT2D eigenvalue weighted by Crippen LogP contribution is -2.44. The lowest BCUT2D eigenvalue weighted by molar-refractivity contribution is -0.114. The third-order valence-electron chi connectivity index (χ3n) is 3.79. The van der Waals surface area contributed by atoms with Crippen molar-refractivity contribution >= 4 is 27.5 Å². The normalized spacial score (nSPS) is 11.5. The van der Waals surface area contributed by atoms with Crippen LogP contribution in [0.2, 0.25) is 0 Å². The molecule has 0 heterocycles. The Balaban J connectivity index is 2.34. The molecule has 2 aromatic rings. The Morgan fingerprint density at radius 2 is 1.69 bits per heavy atom. The SMILES string of the molecule is Cc1ccc(C)c(N(CC(=O)Nc2ccc(F)cc2)S(=O)(=O)N(C)C)c1. The van der Waals surface area contributed by atoms with E-state index in [9.17, 15) is 17.6 Å². The number of nitrogens with one attached hydrogen (secondary N) is 1. The van der Waals surface area contributed by atoms with Crippen LogP contribution in [0, 0.1) is 19.7 Å². The molecule has 6 nitrogen and oxygen atoms in total. The van der Waals surface area contributed by atoms with Crippen LogP contribution in [0.5, 0.6) is 0 Å². The van der Waals surface area contributed by atoms with Gasteiger partial charge in [0.05, 0.1) is 5.69 Å². The van der Waals surface area contributed by atoms with Gasteiger partial charge in [-0.3, -0.25) is 4.79 Å². The summed E-state index contributed by atoms with van der Waals surface area (Å²) in [6.07, 6.45) is 0. The van der Waals surface area contributed by atoms with E-state index < -0.39 is 28.5 Å². The van der Waals surface area contributed by atoms with E-state index in [-0.39, 0.29) is 0 Å². The summed E-state index contributed by atoms with van der Waals surface area (Å²) in [4.78, 5) is 12.4. The molecule has 0 saturated heterocycles. The van der Waals surface area contributed by atoms with Gasteiger partial charge in [0.25, 0.3) is 0 Å². The van der Waals surface area contributed by atoms with Crippen molar-refractivity contribution in [3.8, 4) is 0 Å². The molecule has 0 atom stereocenters. The van der Waals surface area contributed by atoms with Crippen molar-refractivity contribution in [2.45, 2.75) is 13.8 Å². The first-order valence-electron chi connectivity index (χ1n) is 7.94. The molecule has 0 aliphatic carbocycles. The first-order valence-corrected chi connectivity index (χ1v) is 9.34. The smallest absolute Gasteiger partial charge is 0.304 e. The predicted octanol–water partition coefficient (Wildman–Crippen LogP) is 2.69. The molecular formula is C18H22FN3O3S. The number of carbonyl (C=O) groups is 1. The average molecular weight is 379 g/mol. The van der Waals surface area contributed by atoms with E-state index in [1.54, 1.807) is 19.1 Å². The fraction of sp³-hybridized carbons (Fsp3) is 0.278. The molecule has 0 radical (unpaired) electrons. The van der Waals surface area contributed by atoms with E-state index in [1.165, 1.54) is 38.4 Å². The Morgan fingerprint density at radius 3 is 2.27 bits per heavy atom. The third-order valence-corrected chi connectivity index (χ3v) is 5.59. The summed E-state index contributed by atoms with van der Waals surface area (Å²) in [6, 6.07) is 10.7. The van der Waals surface area contributed by atoms with Crippen LogP contribution < -0.4 is 9.62 Å². The predicted molar refractivity (Wildman–Crippen MR) is 101 cm³/mol. The number of hydrogen-bond acceptors (Lipinski definition) is 3. The average Bonchev–Trinajstić information content (AvgIpc) is 2.57. The van der Waals surface area contributed by atoms with Crippen molar-refractivity contribution in [1.29, 1.82) is 0 Å². The molecule has 1 N–H and O–H groups in total. The number of halogens is 1. The number of hydrogen-bond donors (Lipinski definition) is 1. The molecule has 8 heteroatoms. The second-order valence-electron chi connectivity index (χ2n) is 6.14. The van der Waals surface area contributed by atoms with Crippen LogP contribution in [0.1, 0.15) is 11.1 Å². The van der Waals surface area contributed by atoms with E-state index in [1.807, 2.05) is 13.0 Å². The van der Waals surface area contributed by atoms with Crippen molar-refractivity contribution in [3.05, 3.63) is 59.4 Å². The van der Waals surface area contributed by atoms with Crippen LogP contribution in [0.15, 0.2) is 42.5 Å². The van der Waals surface area contributed by atoms with Crippen molar-refractivity contribution in [2.24, 2.45) is 0 Å². The van der Waals surface area contributed by atoms with Crippen LogP contribution in [-0.2, 0) is 15.0 Å². The van der Waals surface area contributed by atoms with Gasteiger partial charge < -0.3 is 5.32 Å². The number of anilines is 2. The molecule has 0 aliphatic heterocycles. The number of rotatable bonds is 6. The lowest BCUT2D eigenvalue weighted by Gasteiger charge is -2.28. The summed E-state index contributed by atoms with van der Waals surface area (Å²) in [7, 11) is -1.06. The maximum Gasteiger partial charge on any atom is 0.304 e. The Morgan fingerprint density at radius 1 is 1.08 bits per heavy atom. The Hall–Kier alpha value is -2.45. The molecular weight excluding hydrogens is 357 g/mol. The minimum Gasteiger partial charge on any atom is -0.325 e. The van der Waals surface area contributed by atoms with Gasteiger partial charge in [-0.1, -0.05) is 12.1 Å². The van der Waals surface area contributed by atoms with E-state index in [0.29, 0.717) is 11.4 Å². The minimum absolute atomic E-state index is 0.388. The molecule has 1 amide bonds. The zero-order chi connectivity index (χ0) is 19.5. The highest BCUT2D eigenvalue weighted by atomic mass is 32.2. The second-order valence-corrected chi connectivity index (χ2v) is 8.21. The summed E-state index contributed by atoms with van der Waals surface area (Å²) < 4.78 is 40.6. The largest absolute Gasteiger partial charge is 0.325 e. The molecule has 2 aromatic carbocycles. The van der Waals surface area contributed by atoms with Gasteiger partial charge in [-0.05, 0) is 55.3 Å². The van der Waals surface area contributed by atoms with E-state index in [2.05, 4.69) is 5.32 Å². The number of aryl methyl sites for hydroxylation is 2. The van der Waals surface area contributed by atoms with Gasteiger partial charge in [0.15, 0.2) is 0 Å². The quantitative estimate of drug-likeness (QED) is 0.839. The number of amides is 1. The maximum absolute atomic E-state index is 13.0. The zero-order valence-electron chi connectivity index (χ0n) is 15.2. The highest BCUT2D eigenvalue weighted by molar-refractivity contribution is 7.90. The van der Waals surface area contributed by atoms with Crippen molar-refractivity contribution in [2.75, 3.05) is 30.3 Å². The lowest BCUT2D eigenvalue weighted by atomic mass is 10.1. The minimum atomic E-state index is -3.88. The van der Waals surface area contributed by atoms with Gasteiger partial charge in [-0.25, -0.2) is 8.70 Å². The van der Waals surface area contributed by atoms with Gasteiger partial charge in [-0.15, -0.1) is 0 Å². The summed E-state index contributed by atoms with van der Waals surface area (Å²) in [5.74, 6) is -0.946. The summed E-state index contributed by atoms with van der Waals surface area (Å²) >= 11 is 0. The standard InChI is InChI=1S/C18H22FN3O3S/c1-13-5-6-14(2)17(11-13)22(26(24,25)21(3)4)12-18(23)20-16-9-7-15(19)8-10-16/h5-11H,12H2,1-4H3,(H,20,23). The van der Waals surface area contributed by atoms with E-state index in [0.717, 1.165) is 19.7 Å². The Bertz CT molecular complexity index is 896. The Labute approximate surface area is 153 Å². The van der Waals surface area contributed by atoms with Crippen LogP contribution in [0.25, 0.3) is 0 Å². The van der Waals surface area contributed by atoms with Gasteiger partial charge in [0, 0.05) is 19.8 Å². The fourth-order valence-corrected chi connectivity index (χ4v) is 3.46. The molecule has 0 fully saturated rings. The van der Waals surface area contributed by atoms with E-state index in [4.69, 9.17) is 0 Å². The summed E-state index contributed by atoms with van der Waals surface area (Å²) in [6.45, 7) is 3.23. The zero-order valence-corrected chi connectivity index (χ0v) is 16.0. The maximum atomic E-state index is 13.0. The van der Waals surface area contributed by atoms with E-state index >= 15 is 0 Å². The molecule has 26 heavy (non-hydrogen) atoms. The molecule has 0 unspecified atom stereocenters. The third kappa shape index (κ3) is 4.59. The topological polar surface area (TPSA) is 69.7 Å². The van der Waals surface area contributed by atoms with Gasteiger partial charge in [-0.2, -0.15) is 12.7 Å². The fourth-order valence-electron chi connectivity index (χ4n) is 2.34. The molecule has 0 bridgehead atoms. The summed E-state index contributed by atoms with van der Waals surface area (Å²) in [5.41, 5.74) is 2.44. The molecule has 140 valence electrons. The molecule has 0 aromatic heterocycles. The van der Waals surface area contributed by atoms with Crippen molar-refractivity contribution < 1.29 is 17.6 Å². The number of carbonyl (C=O) groups excluding carboxylic acids is 1. The molecule has 0 aliphatic rings. The molecule has 0 spiro atoms. The van der Waals surface area contributed by atoms with Crippen molar-refractivity contribution in [3.63, 3.8) is 0 Å². The van der Waals surface area contributed by atoms with Crippen LogP contribution in [0.3, 0.4) is 0 Å². The van der Waals surface area contributed by atoms with Gasteiger partial charge in [0.1, 0.15) is 12.4 Å². The van der Waals surface area contributed by atoms with Crippen molar-refractivity contribution in [1.82, 2.24) is 4.31 Å². The first kappa shape index (κ1) is 19.9. The number of nitrogens with zero attached hydrogens (tertiary/aromatic N) is 2. The highest BCUT2D eigenvalue weighted by Crippen LogP contribution is 2.25. The Kier molecular flexibility index (Phi) is 5.99. The number of benzene rings is 2. The first-order chi connectivity index (χ1) is 12.1. The molecule has 0 saturated carbocycles. The highest BCUT2D eigenvalue weighted by Gasteiger charge is 2.28. The van der Waals surface area contributed by atoms with Gasteiger partial charge >= 0.3 is 10.2 Å². The molecule has 2 rings (SSSR count). The monoisotopic (exact) mass is 379 g/mol. The van der Waals surface area contributed by atoms with Crippen LogP contribution >= 0.6 is 0 Å². The van der Waals surface area contributed by atoms with Gasteiger partial charge in [0.2, 0.25) is 5.91 Å². The van der Waals surface area contributed by atoms with Crippen LogP contribution in [-0.4, -0.2) is 39.3 Å². The summed E-state index contributed by atoms with van der Waals surface area (Å²) in [5, 5.41) is 2.58. The van der Waals surface area contributed by atoms with Crippen LogP contribution in [0.4, 0.5) is 15.8 Å². The second kappa shape index (κ2) is 7.84.